The van der Waals surface area contributed by atoms with E-state index in [0.29, 0.717) is 32.8 Å². The van der Waals surface area contributed by atoms with E-state index in [4.69, 9.17) is 4.74 Å². The molecule has 3 rings (SSSR count). The quantitative estimate of drug-likeness (QED) is 0.630. The maximum atomic E-state index is 12.3. The van der Waals surface area contributed by atoms with Gasteiger partial charge in [0.2, 0.25) is 0 Å². The summed E-state index contributed by atoms with van der Waals surface area (Å²) in [5, 5.41) is 5.77. The second-order valence-electron chi connectivity index (χ2n) is 5.87. The maximum Gasteiger partial charge on any atom is 0.279 e. The Kier molecular flexibility index (Phi) is 5.09. The molecule has 1 aromatic rings. The molecule has 0 bridgehead atoms. The topological polar surface area (TPSA) is 75.1 Å². The monoisotopic (exact) mass is 319 g/mol. The van der Waals surface area contributed by atoms with Gasteiger partial charge in [0.15, 0.2) is 13.1 Å². The van der Waals surface area contributed by atoms with Crippen molar-refractivity contribution in [2.24, 2.45) is 0 Å². The van der Waals surface area contributed by atoms with E-state index in [2.05, 4.69) is 15.5 Å². The largest absolute Gasteiger partial charge is 0.378 e. The fraction of sp³-hybridized carbons (Fsp3) is 0.500. The third-order valence-corrected chi connectivity index (χ3v) is 4.15. The lowest BCUT2D eigenvalue weighted by atomic mass is 10.2. The number of carbonyl (C=O) groups excluding carboxylic acids is 2. The second-order valence-corrected chi connectivity index (χ2v) is 5.87. The highest BCUT2D eigenvalue weighted by Gasteiger charge is 2.23. The summed E-state index contributed by atoms with van der Waals surface area (Å²) in [7, 11) is 0. The number of para-hydroxylation sites is 2. The lowest BCUT2D eigenvalue weighted by Gasteiger charge is -2.30. The molecule has 0 aliphatic carbocycles. The number of anilines is 2. The first kappa shape index (κ1) is 15.8. The van der Waals surface area contributed by atoms with E-state index < -0.39 is 0 Å². The maximum absolute atomic E-state index is 12.3. The summed E-state index contributed by atoms with van der Waals surface area (Å²) in [6.07, 6.45) is 0. The van der Waals surface area contributed by atoms with Crippen LogP contribution in [0.25, 0.3) is 0 Å². The molecule has 2 fully saturated rings. The number of amides is 2. The molecule has 7 nitrogen and oxygen atoms in total. The molecule has 3 N–H and O–H groups in total. The van der Waals surface area contributed by atoms with Gasteiger partial charge in [-0.2, -0.15) is 0 Å². The highest BCUT2D eigenvalue weighted by molar-refractivity contribution is 5.95. The predicted molar refractivity (Wildman–Crippen MR) is 86.7 cm³/mol. The van der Waals surface area contributed by atoms with Gasteiger partial charge in [0.25, 0.3) is 11.8 Å². The molecule has 23 heavy (non-hydrogen) atoms. The molecule has 124 valence electrons. The summed E-state index contributed by atoms with van der Waals surface area (Å²) < 4.78 is 5.38. The first-order valence-corrected chi connectivity index (χ1v) is 8.04. The number of morpholine rings is 1. The Morgan fingerprint density at radius 1 is 1.30 bits per heavy atom. The number of carbonyl (C=O) groups is 2. The molecule has 2 amide bonds. The van der Waals surface area contributed by atoms with Gasteiger partial charge in [-0.05, 0) is 12.1 Å². The van der Waals surface area contributed by atoms with E-state index in [1.807, 2.05) is 24.3 Å². The smallest absolute Gasteiger partial charge is 0.279 e. The van der Waals surface area contributed by atoms with Crippen LogP contribution in [0, 0.1) is 0 Å². The zero-order valence-corrected chi connectivity index (χ0v) is 13.1. The van der Waals surface area contributed by atoms with E-state index in [1.165, 1.54) is 0 Å². The van der Waals surface area contributed by atoms with Gasteiger partial charge in [0, 0.05) is 13.1 Å². The van der Waals surface area contributed by atoms with E-state index >= 15 is 0 Å². The van der Waals surface area contributed by atoms with Gasteiger partial charge in [-0.3, -0.25) is 9.59 Å². The summed E-state index contributed by atoms with van der Waals surface area (Å²) in [4.78, 5) is 26.9. The van der Waals surface area contributed by atoms with Crippen LogP contribution >= 0.6 is 0 Å². The lowest BCUT2D eigenvalue weighted by Crippen LogP contribution is -3.16. The number of ether oxygens (including phenoxy) is 1. The van der Waals surface area contributed by atoms with Crippen molar-refractivity contribution in [3.05, 3.63) is 24.3 Å². The minimum absolute atomic E-state index is 0.00719. The number of nitrogens with one attached hydrogen (secondary N) is 3. The number of piperazine rings is 1. The highest BCUT2D eigenvalue weighted by atomic mass is 16.5. The number of quaternary nitrogens is 1. The zero-order valence-electron chi connectivity index (χ0n) is 13.1. The zero-order chi connectivity index (χ0) is 16.1. The number of hydrogen-bond acceptors (Lipinski definition) is 4. The van der Waals surface area contributed by atoms with Crippen LogP contribution in [0.15, 0.2) is 24.3 Å². The van der Waals surface area contributed by atoms with E-state index in [-0.39, 0.29) is 11.8 Å². The fourth-order valence-corrected chi connectivity index (χ4v) is 2.99. The van der Waals surface area contributed by atoms with Gasteiger partial charge in [-0.15, -0.1) is 0 Å². The Labute approximate surface area is 135 Å². The molecule has 2 saturated heterocycles. The van der Waals surface area contributed by atoms with Gasteiger partial charge in [0.1, 0.15) is 0 Å². The van der Waals surface area contributed by atoms with Crippen LogP contribution in [0.3, 0.4) is 0 Å². The van der Waals surface area contributed by atoms with E-state index in [1.54, 1.807) is 0 Å². The second kappa shape index (κ2) is 7.43. The Hall–Kier alpha value is -2.12. The average Bonchev–Trinajstić information content (AvgIpc) is 2.56. The van der Waals surface area contributed by atoms with Crippen LogP contribution in [0.5, 0.6) is 0 Å². The summed E-state index contributed by atoms with van der Waals surface area (Å²) in [5.74, 6) is -0.0526. The van der Waals surface area contributed by atoms with Gasteiger partial charge in [-0.25, -0.2) is 0 Å². The number of hydrogen-bond donors (Lipinski definition) is 3. The van der Waals surface area contributed by atoms with Gasteiger partial charge in [0.05, 0.1) is 37.7 Å². The third-order valence-electron chi connectivity index (χ3n) is 4.15. The van der Waals surface area contributed by atoms with E-state index in [0.717, 1.165) is 35.9 Å². The summed E-state index contributed by atoms with van der Waals surface area (Å²) in [5.41, 5.74) is 1.84. The number of nitrogens with zero attached hydrogens (tertiary/aromatic N) is 1. The van der Waals surface area contributed by atoms with Crippen LogP contribution in [-0.4, -0.2) is 64.3 Å². The van der Waals surface area contributed by atoms with E-state index in [9.17, 15) is 9.59 Å². The average molecular weight is 319 g/mol. The Balaban J connectivity index is 1.62. The van der Waals surface area contributed by atoms with Crippen molar-refractivity contribution in [3.63, 3.8) is 0 Å². The van der Waals surface area contributed by atoms with Gasteiger partial charge in [-0.1, -0.05) is 12.1 Å². The van der Waals surface area contributed by atoms with Crippen LogP contribution in [0.1, 0.15) is 0 Å². The molecule has 7 heteroatoms. The first-order valence-electron chi connectivity index (χ1n) is 8.04. The minimum Gasteiger partial charge on any atom is -0.378 e. The Morgan fingerprint density at radius 3 is 2.87 bits per heavy atom. The normalized spacial score (nSPS) is 21.7. The van der Waals surface area contributed by atoms with Crippen molar-refractivity contribution in [2.75, 3.05) is 62.7 Å². The molecular formula is C16H23N4O3+. The molecular weight excluding hydrogens is 296 g/mol. The molecule has 2 aliphatic rings. The Morgan fingerprint density at radius 2 is 2.09 bits per heavy atom. The lowest BCUT2D eigenvalue weighted by molar-refractivity contribution is -0.885. The third kappa shape index (κ3) is 4.20. The molecule has 0 aromatic heterocycles. The van der Waals surface area contributed by atoms with Crippen molar-refractivity contribution in [3.8, 4) is 0 Å². The molecule has 0 radical (unpaired) electrons. The van der Waals surface area contributed by atoms with Crippen LogP contribution in [0.4, 0.5) is 11.4 Å². The molecule has 0 saturated carbocycles. The SMILES string of the molecule is O=C1C[NH+](CC(=O)Nc2ccccc2N2CCOCC2)CCN1. The molecule has 1 aromatic carbocycles. The highest BCUT2D eigenvalue weighted by Crippen LogP contribution is 2.26. The summed E-state index contributed by atoms with van der Waals surface area (Å²) in [6.45, 7) is 5.14. The Bertz CT molecular complexity index is 572. The number of benzene rings is 1. The molecule has 1 atom stereocenters. The van der Waals surface area contributed by atoms with Crippen molar-refractivity contribution >= 4 is 23.2 Å². The van der Waals surface area contributed by atoms with Crippen molar-refractivity contribution in [1.29, 1.82) is 0 Å². The summed E-state index contributed by atoms with van der Waals surface area (Å²) >= 11 is 0. The minimum atomic E-state index is -0.0598. The van der Waals surface area contributed by atoms with Crippen molar-refractivity contribution in [1.82, 2.24) is 5.32 Å². The van der Waals surface area contributed by atoms with Gasteiger partial charge >= 0.3 is 0 Å². The van der Waals surface area contributed by atoms with Crippen LogP contribution in [-0.2, 0) is 14.3 Å². The predicted octanol–water partition coefficient (Wildman–Crippen LogP) is -1.52. The summed E-state index contributed by atoms with van der Waals surface area (Å²) in [6, 6.07) is 7.82. The van der Waals surface area contributed by atoms with Crippen LogP contribution in [0.2, 0.25) is 0 Å². The van der Waals surface area contributed by atoms with Gasteiger partial charge < -0.3 is 25.2 Å². The number of rotatable bonds is 4. The molecule has 2 heterocycles. The molecule has 2 aliphatic heterocycles. The van der Waals surface area contributed by atoms with Crippen molar-refractivity contribution < 1.29 is 19.2 Å². The van der Waals surface area contributed by atoms with Crippen LogP contribution < -0.4 is 20.4 Å². The molecule has 0 spiro atoms. The first-order chi connectivity index (χ1) is 11.2. The fourth-order valence-electron chi connectivity index (χ4n) is 2.99. The molecule has 1 unspecified atom stereocenters. The van der Waals surface area contributed by atoms with Crippen molar-refractivity contribution in [2.45, 2.75) is 0 Å². The standard InChI is InChI=1S/C16H22N4O3/c21-15-11-19(6-5-17-15)12-16(22)18-13-3-1-2-4-14(13)20-7-9-23-10-8-20/h1-4H,5-12H2,(H,17,21)(H,18,22)/p+1.